The lowest BCUT2D eigenvalue weighted by Gasteiger charge is -2.19. The Morgan fingerprint density at radius 3 is 2.06 bits per heavy atom. The summed E-state index contributed by atoms with van der Waals surface area (Å²) in [6.45, 7) is 6.89. The van der Waals surface area contributed by atoms with Crippen molar-refractivity contribution in [2.24, 2.45) is 0 Å². The van der Waals surface area contributed by atoms with Gasteiger partial charge in [-0.05, 0) is 36.7 Å². The maximum Gasteiger partial charge on any atom is -0.0163 e. The second-order valence-electron chi connectivity index (χ2n) is 4.61. The van der Waals surface area contributed by atoms with Gasteiger partial charge in [0.05, 0.1) is 0 Å². The summed E-state index contributed by atoms with van der Waals surface area (Å²) >= 11 is 0. The van der Waals surface area contributed by atoms with Gasteiger partial charge in [0.25, 0.3) is 0 Å². The normalized spacial score (nSPS) is 12.7. The van der Waals surface area contributed by atoms with Gasteiger partial charge in [-0.15, -0.1) is 0 Å². The first kappa shape index (κ1) is 12.3. The fourth-order valence-electron chi connectivity index (χ4n) is 2.07. The quantitative estimate of drug-likeness (QED) is 0.717. The van der Waals surface area contributed by atoms with Gasteiger partial charge in [0.1, 0.15) is 0 Å². The fraction of sp³-hybridized carbons (Fsp3) is 0.250. The Morgan fingerprint density at radius 2 is 1.41 bits per heavy atom. The molecule has 17 heavy (non-hydrogen) atoms. The number of hydrogen-bond donors (Lipinski definition) is 0. The third kappa shape index (κ3) is 2.76. The van der Waals surface area contributed by atoms with E-state index in [4.69, 9.17) is 0 Å². The van der Waals surface area contributed by atoms with Crippen LogP contribution in [-0.4, -0.2) is 6.66 Å². The highest BCUT2D eigenvalue weighted by Crippen LogP contribution is 2.32. The summed E-state index contributed by atoms with van der Waals surface area (Å²) in [5.41, 5.74) is 1.49. The van der Waals surface area contributed by atoms with E-state index in [1.165, 1.54) is 16.2 Å². The zero-order valence-corrected chi connectivity index (χ0v) is 11.6. The van der Waals surface area contributed by atoms with Crippen LogP contribution in [-0.2, 0) is 0 Å². The van der Waals surface area contributed by atoms with Gasteiger partial charge in [-0.1, -0.05) is 68.4 Å². The molecular formula is C16H19P. The average molecular weight is 242 g/mol. The van der Waals surface area contributed by atoms with Crippen LogP contribution in [0.3, 0.4) is 0 Å². The largest absolute Gasteiger partial charge is 0.0622 e. The van der Waals surface area contributed by atoms with Crippen molar-refractivity contribution in [2.45, 2.75) is 19.8 Å². The molecule has 0 nitrogen and oxygen atoms in total. The molecule has 0 aliphatic rings. The van der Waals surface area contributed by atoms with Crippen molar-refractivity contribution in [3.8, 4) is 0 Å². The van der Waals surface area contributed by atoms with Crippen molar-refractivity contribution < 1.29 is 0 Å². The number of hydrogen-bond acceptors (Lipinski definition) is 0. The van der Waals surface area contributed by atoms with Crippen molar-refractivity contribution in [2.75, 3.05) is 6.66 Å². The number of rotatable bonds is 3. The summed E-state index contributed by atoms with van der Waals surface area (Å²) in [5, 5.41) is 2.97. The van der Waals surface area contributed by atoms with Crippen LogP contribution in [0.5, 0.6) is 0 Å². The zero-order valence-electron chi connectivity index (χ0n) is 10.7. The minimum atomic E-state index is -0.224. The zero-order chi connectivity index (χ0) is 12.3. The summed E-state index contributed by atoms with van der Waals surface area (Å²) < 4.78 is 0. The first-order chi connectivity index (χ1) is 8.20. The van der Waals surface area contributed by atoms with E-state index in [0.717, 1.165) is 0 Å². The molecule has 2 aromatic rings. The van der Waals surface area contributed by atoms with Crippen LogP contribution in [0.15, 0.2) is 54.6 Å². The summed E-state index contributed by atoms with van der Waals surface area (Å²) in [6, 6.07) is 19.7. The van der Waals surface area contributed by atoms with Crippen molar-refractivity contribution >= 4 is 18.5 Å². The molecule has 1 atom stereocenters. The molecule has 0 fully saturated rings. The summed E-state index contributed by atoms with van der Waals surface area (Å²) in [7, 11) is -0.224. The molecule has 0 spiro atoms. The Kier molecular flexibility index (Phi) is 3.97. The minimum Gasteiger partial charge on any atom is -0.0622 e. The maximum atomic E-state index is 2.35. The minimum absolute atomic E-state index is 0.224. The topological polar surface area (TPSA) is 0 Å². The van der Waals surface area contributed by atoms with E-state index >= 15 is 0 Å². The number of benzene rings is 2. The highest BCUT2D eigenvalue weighted by Gasteiger charge is 2.13. The van der Waals surface area contributed by atoms with E-state index in [9.17, 15) is 0 Å². The van der Waals surface area contributed by atoms with Crippen molar-refractivity contribution in [3.05, 3.63) is 60.2 Å². The Hall–Kier alpha value is -1.13. The molecule has 1 heteroatoms. The highest BCUT2D eigenvalue weighted by molar-refractivity contribution is 7.72. The average Bonchev–Trinajstić information content (AvgIpc) is 2.39. The van der Waals surface area contributed by atoms with Crippen LogP contribution < -0.4 is 10.6 Å². The van der Waals surface area contributed by atoms with Gasteiger partial charge >= 0.3 is 0 Å². The summed E-state index contributed by atoms with van der Waals surface area (Å²) in [6.07, 6.45) is 0. The van der Waals surface area contributed by atoms with Crippen molar-refractivity contribution in [1.29, 1.82) is 0 Å². The van der Waals surface area contributed by atoms with Crippen LogP contribution in [0.2, 0.25) is 0 Å². The molecule has 88 valence electrons. The van der Waals surface area contributed by atoms with Gasteiger partial charge in [0.2, 0.25) is 0 Å². The third-order valence-corrected chi connectivity index (χ3v) is 5.27. The molecule has 1 unspecified atom stereocenters. The van der Waals surface area contributed by atoms with Crippen molar-refractivity contribution in [3.63, 3.8) is 0 Å². The molecule has 0 amide bonds. The first-order valence-electron chi connectivity index (χ1n) is 6.08. The lowest BCUT2D eigenvalue weighted by molar-refractivity contribution is 0.873. The molecule has 0 saturated carbocycles. The van der Waals surface area contributed by atoms with Gasteiger partial charge in [-0.2, -0.15) is 0 Å². The Balaban J connectivity index is 2.41. The molecular weight excluding hydrogens is 223 g/mol. The van der Waals surface area contributed by atoms with Crippen LogP contribution in [0.1, 0.15) is 25.3 Å². The Labute approximate surface area is 105 Å². The highest BCUT2D eigenvalue weighted by atomic mass is 31.1. The standard InChI is InChI=1S/C16H19P/c1-13(2)15-11-7-8-12-16(15)17(3)14-9-5-4-6-10-14/h4-13H,1-3H3. The molecule has 0 aromatic heterocycles. The molecule has 0 radical (unpaired) electrons. The van der Waals surface area contributed by atoms with E-state index in [-0.39, 0.29) is 7.92 Å². The predicted octanol–water partition coefficient (Wildman–Crippen LogP) is 3.87. The fourth-order valence-corrected chi connectivity index (χ4v) is 4.00. The van der Waals surface area contributed by atoms with Gasteiger partial charge in [0.15, 0.2) is 0 Å². The maximum absolute atomic E-state index is 2.35. The van der Waals surface area contributed by atoms with E-state index in [1.54, 1.807) is 0 Å². The van der Waals surface area contributed by atoms with Gasteiger partial charge in [0, 0.05) is 0 Å². The second kappa shape index (κ2) is 5.47. The van der Waals surface area contributed by atoms with E-state index < -0.39 is 0 Å². The van der Waals surface area contributed by atoms with E-state index in [2.05, 4.69) is 75.1 Å². The Bertz CT molecular complexity index is 474. The molecule has 0 aliphatic carbocycles. The van der Waals surface area contributed by atoms with Crippen molar-refractivity contribution in [1.82, 2.24) is 0 Å². The van der Waals surface area contributed by atoms with Crippen LogP contribution >= 0.6 is 7.92 Å². The lowest BCUT2D eigenvalue weighted by Crippen LogP contribution is -2.15. The monoisotopic (exact) mass is 242 g/mol. The molecule has 0 aliphatic heterocycles. The molecule has 0 saturated heterocycles. The van der Waals surface area contributed by atoms with E-state index in [0.29, 0.717) is 5.92 Å². The van der Waals surface area contributed by atoms with Gasteiger partial charge in [-0.3, -0.25) is 0 Å². The van der Waals surface area contributed by atoms with E-state index in [1.807, 2.05) is 0 Å². The van der Waals surface area contributed by atoms with Gasteiger partial charge < -0.3 is 0 Å². The first-order valence-corrected chi connectivity index (χ1v) is 7.86. The van der Waals surface area contributed by atoms with Crippen LogP contribution in [0.4, 0.5) is 0 Å². The SMILES string of the molecule is CC(C)c1ccccc1P(C)c1ccccc1. The second-order valence-corrected chi connectivity index (χ2v) is 6.72. The molecule has 2 rings (SSSR count). The predicted molar refractivity (Wildman–Crippen MR) is 79.1 cm³/mol. The third-order valence-electron chi connectivity index (χ3n) is 3.06. The summed E-state index contributed by atoms with van der Waals surface area (Å²) in [5.74, 6) is 0.597. The van der Waals surface area contributed by atoms with Crippen LogP contribution in [0.25, 0.3) is 0 Å². The molecule has 2 aromatic carbocycles. The Morgan fingerprint density at radius 1 is 0.824 bits per heavy atom. The van der Waals surface area contributed by atoms with Crippen LogP contribution in [0, 0.1) is 0 Å². The van der Waals surface area contributed by atoms with Gasteiger partial charge in [-0.25, -0.2) is 0 Å². The molecule has 0 N–H and O–H groups in total. The summed E-state index contributed by atoms with van der Waals surface area (Å²) in [4.78, 5) is 0. The molecule has 0 bridgehead atoms. The smallest absolute Gasteiger partial charge is 0.0163 e. The lowest BCUT2D eigenvalue weighted by atomic mass is 10.0. The molecule has 0 heterocycles.